The molecule has 41 heavy (non-hydrogen) atoms. The van der Waals surface area contributed by atoms with E-state index < -0.39 is 6.04 Å². The van der Waals surface area contributed by atoms with Gasteiger partial charge in [0.05, 0.1) is 17.2 Å². The van der Waals surface area contributed by atoms with Crippen LogP contribution in [0.1, 0.15) is 67.5 Å². The second-order valence-electron chi connectivity index (χ2n) is 10.4. The topological polar surface area (TPSA) is 65.2 Å². The van der Waals surface area contributed by atoms with Crippen molar-refractivity contribution in [3.8, 4) is 6.07 Å². The average Bonchev–Trinajstić information content (AvgIpc) is 3.81. The van der Waals surface area contributed by atoms with E-state index in [0.29, 0.717) is 23.1 Å². The standard InChI is InChI=1S/C32H31F2N5OS/c1-4-17-38(31-28(21-5-6-21)32(40)37(3)27-16-15-26(18-35)36-29(27)31)20(2)19-39(41)30(22-7-11-24(33)12-8-22)23-9-13-25(34)14-10-23/h7-16,19,21,30,41H,4-6,17H2,1-3H3/b20-19-. The molecule has 5 rings (SSSR count). The lowest BCUT2D eigenvalue weighted by Gasteiger charge is -2.32. The Kier molecular flexibility index (Phi) is 8.13. The molecule has 6 nitrogen and oxygen atoms in total. The van der Waals surface area contributed by atoms with Gasteiger partial charge in [-0.1, -0.05) is 44.0 Å². The Balaban J connectivity index is 1.67. The molecule has 0 bridgehead atoms. The van der Waals surface area contributed by atoms with Crippen molar-refractivity contribution in [1.82, 2.24) is 13.9 Å². The van der Waals surface area contributed by atoms with Crippen LogP contribution in [0.15, 0.2) is 77.4 Å². The molecule has 0 amide bonds. The van der Waals surface area contributed by atoms with Crippen molar-refractivity contribution in [2.24, 2.45) is 7.05 Å². The normalized spacial score (nSPS) is 13.5. The first-order valence-electron chi connectivity index (χ1n) is 13.6. The SMILES string of the molecule is CCCN(/C(C)=C\N(S)C(c1ccc(F)cc1)c1ccc(F)cc1)c1c(C2CC2)c(=O)n(C)c2ccc(C#N)nc12. The van der Waals surface area contributed by atoms with Gasteiger partial charge in [-0.3, -0.25) is 4.79 Å². The van der Waals surface area contributed by atoms with Gasteiger partial charge in [-0.25, -0.2) is 13.8 Å². The maximum Gasteiger partial charge on any atom is 0.256 e. The zero-order valence-electron chi connectivity index (χ0n) is 23.2. The summed E-state index contributed by atoms with van der Waals surface area (Å²) in [6, 6.07) is 17.4. The van der Waals surface area contributed by atoms with Gasteiger partial charge in [0.2, 0.25) is 0 Å². The van der Waals surface area contributed by atoms with Crippen LogP contribution in [0.4, 0.5) is 14.5 Å². The highest BCUT2D eigenvalue weighted by Gasteiger charge is 2.34. The molecule has 0 unspecified atom stereocenters. The Bertz CT molecular complexity index is 1660. The molecule has 0 radical (unpaired) electrons. The molecule has 0 atom stereocenters. The van der Waals surface area contributed by atoms with Crippen LogP contribution in [0.5, 0.6) is 0 Å². The van der Waals surface area contributed by atoms with Crippen LogP contribution in [0.3, 0.4) is 0 Å². The molecule has 1 saturated carbocycles. The summed E-state index contributed by atoms with van der Waals surface area (Å²) in [5.41, 5.74) is 5.26. The number of aromatic nitrogens is 2. The monoisotopic (exact) mass is 571 g/mol. The third-order valence-electron chi connectivity index (χ3n) is 7.45. The number of aryl methyl sites for hydroxylation is 1. The highest BCUT2D eigenvalue weighted by Crippen LogP contribution is 2.45. The molecule has 0 saturated heterocycles. The number of allylic oxidation sites excluding steroid dienone is 1. The fourth-order valence-electron chi connectivity index (χ4n) is 5.30. The number of pyridine rings is 2. The minimum Gasteiger partial charge on any atom is -0.342 e. The number of hydrogen-bond donors (Lipinski definition) is 1. The van der Waals surface area contributed by atoms with Crippen molar-refractivity contribution in [2.75, 3.05) is 11.4 Å². The third-order valence-corrected chi connectivity index (χ3v) is 7.79. The van der Waals surface area contributed by atoms with Gasteiger partial charge >= 0.3 is 0 Å². The fourth-order valence-corrected chi connectivity index (χ4v) is 5.74. The Labute approximate surface area is 243 Å². The van der Waals surface area contributed by atoms with Crippen molar-refractivity contribution < 1.29 is 8.78 Å². The van der Waals surface area contributed by atoms with Crippen LogP contribution in [0.2, 0.25) is 0 Å². The predicted molar refractivity (Wildman–Crippen MR) is 161 cm³/mol. The number of thiol groups is 1. The average molecular weight is 572 g/mol. The fraction of sp³-hybridized carbons (Fsp3) is 0.281. The second-order valence-corrected chi connectivity index (χ2v) is 10.8. The molecule has 1 fully saturated rings. The number of nitriles is 1. The van der Waals surface area contributed by atoms with Crippen LogP contribution in [0, 0.1) is 23.0 Å². The summed E-state index contributed by atoms with van der Waals surface area (Å²) < 4.78 is 30.9. The number of hydrogen-bond acceptors (Lipinski definition) is 6. The number of fused-ring (bicyclic) bond motifs is 1. The van der Waals surface area contributed by atoms with Gasteiger partial charge in [0.15, 0.2) is 0 Å². The van der Waals surface area contributed by atoms with Crippen LogP contribution in [-0.4, -0.2) is 20.4 Å². The Morgan fingerprint density at radius 2 is 1.68 bits per heavy atom. The predicted octanol–water partition coefficient (Wildman–Crippen LogP) is 6.97. The van der Waals surface area contributed by atoms with Crippen LogP contribution < -0.4 is 10.5 Å². The van der Waals surface area contributed by atoms with E-state index in [9.17, 15) is 18.8 Å². The van der Waals surface area contributed by atoms with Gasteiger partial charge < -0.3 is 13.8 Å². The van der Waals surface area contributed by atoms with Crippen LogP contribution in [0.25, 0.3) is 11.0 Å². The van der Waals surface area contributed by atoms with E-state index in [1.165, 1.54) is 24.3 Å². The van der Waals surface area contributed by atoms with E-state index in [1.807, 2.05) is 13.1 Å². The summed E-state index contributed by atoms with van der Waals surface area (Å²) in [5, 5.41) is 9.61. The molecule has 9 heteroatoms. The lowest BCUT2D eigenvalue weighted by molar-refractivity contribution is 0.522. The molecule has 2 aromatic carbocycles. The van der Waals surface area contributed by atoms with Gasteiger partial charge in [0.1, 0.15) is 28.9 Å². The van der Waals surface area contributed by atoms with Gasteiger partial charge in [-0.2, -0.15) is 5.26 Å². The van der Waals surface area contributed by atoms with Crippen molar-refractivity contribution >= 4 is 29.5 Å². The highest BCUT2D eigenvalue weighted by molar-refractivity contribution is 7.77. The molecule has 2 aromatic heterocycles. The molecule has 2 heterocycles. The molecule has 0 spiro atoms. The first kappa shape index (κ1) is 28.4. The first-order chi connectivity index (χ1) is 19.7. The molecule has 1 aliphatic carbocycles. The number of anilines is 1. The zero-order chi connectivity index (χ0) is 29.3. The minimum absolute atomic E-state index is 0.0614. The summed E-state index contributed by atoms with van der Waals surface area (Å²) in [6.45, 7) is 4.61. The van der Waals surface area contributed by atoms with E-state index in [-0.39, 0.29) is 28.8 Å². The quantitative estimate of drug-likeness (QED) is 0.220. The van der Waals surface area contributed by atoms with E-state index in [2.05, 4.69) is 22.9 Å². The molecular weight excluding hydrogens is 540 g/mol. The van der Waals surface area contributed by atoms with Crippen LogP contribution in [-0.2, 0) is 7.05 Å². The molecule has 4 aromatic rings. The summed E-state index contributed by atoms with van der Waals surface area (Å²) in [7, 11) is 1.74. The van der Waals surface area contributed by atoms with Crippen molar-refractivity contribution in [1.29, 1.82) is 5.26 Å². The highest BCUT2D eigenvalue weighted by atomic mass is 32.1. The Morgan fingerprint density at radius 3 is 2.20 bits per heavy atom. The lowest BCUT2D eigenvalue weighted by Crippen LogP contribution is -2.31. The largest absolute Gasteiger partial charge is 0.342 e. The summed E-state index contributed by atoms with van der Waals surface area (Å²) >= 11 is 4.85. The van der Waals surface area contributed by atoms with Crippen LogP contribution >= 0.6 is 12.8 Å². The summed E-state index contributed by atoms with van der Waals surface area (Å²) in [6.07, 6.45) is 4.49. The molecular formula is C32H31F2N5OS. The van der Waals surface area contributed by atoms with Gasteiger partial charge in [-0.15, -0.1) is 0 Å². The molecule has 0 aliphatic heterocycles. The first-order valence-corrected chi connectivity index (χ1v) is 14.0. The van der Waals surface area contributed by atoms with Crippen molar-refractivity contribution in [3.63, 3.8) is 0 Å². The summed E-state index contributed by atoms with van der Waals surface area (Å²) in [4.78, 5) is 20.4. The van der Waals surface area contributed by atoms with E-state index in [1.54, 1.807) is 52.3 Å². The number of nitrogens with zero attached hydrogens (tertiary/aromatic N) is 5. The van der Waals surface area contributed by atoms with Crippen molar-refractivity contribution in [3.05, 3.63) is 117 Å². The Hall–Kier alpha value is -4.16. The maximum absolute atomic E-state index is 13.8. The Morgan fingerprint density at radius 1 is 1.10 bits per heavy atom. The van der Waals surface area contributed by atoms with E-state index in [0.717, 1.165) is 41.8 Å². The van der Waals surface area contributed by atoms with Gasteiger partial charge in [0.25, 0.3) is 5.56 Å². The zero-order valence-corrected chi connectivity index (χ0v) is 24.1. The summed E-state index contributed by atoms with van der Waals surface area (Å²) in [5.74, 6) is -0.578. The van der Waals surface area contributed by atoms with Gasteiger partial charge in [-0.05, 0) is 79.6 Å². The smallest absolute Gasteiger partial charge is 0.256 e. The van der Waals surface area contributed by atoms with Crippen molar-refractivity contribution in [2.45, 2.75) is 45.1 Å². The molecule has 0 N–H and O–H groups in total. The van der Waals surface area contributed by atoms with Gasteiger partial charge in [0, 0.05) is 31.1 Å². The number of halogens is 2. The number of benzene rings is 2. The third kappa shape index (κ3) is 5.70. The van der Waals surface area contributed by atoms with E-state index >= 15 is 0 Å². The molecule has 1 aliphatic rings. The molecule has 210 valence electrons. The maximum atomic E-state index is 13.8. The van der Waals surface area contributed by atoms with E-state index in [4.69, 9.17) is 12.8 Å². The lowest BCUT2D eigenvalue weighted by atomic mass is 9.98. The number of rotatable bonds is 9. The second kappa shape index (κ2) is 11.8. The minimum atomic E-state index is -0.454.